The Bertz CT molecular complexity index is 732. The highest BCUT2D eigenvalue weighted by atomic mass is 14.6. The average Bonchev–Trinajstić information content (AvgIpc) is 2.48. The smallest absolute Gasteiger partial charge is 0.0352 e. The molecule has 0 aliphatic heterocycles. The van der Waals surface area contributed by atoms with Crippen LogP contribution in [0.1, 0.15) is 11.1 Å². The van der Waals surface area contributed by atoms with Crippen LogP contribution < -0.4 is 5.73 Å². The van der Waals surface area contributed by atoms with Crippen molar-refractivity contribution in [1.29, 1.82) is 0 Å². The number of rotatable bonds is 2. The van der Waals surface area contributed by atoms with Crippen LogP contribution in [0.4, 0.5) is 0 Å². The summed E-state index contributed by atoms with van der Waals surface area (Å²) in [6.07, 6.45) is 3.78. The largest absolute Gasteiger partial charge is 0.326 e. The monoisotopic (exact) mass is 248 g/mol. The number of aryl methyl sites for hydroxylation is 1. The zero-order chi connectivity index (χ0) is 13.2. The number of benzene rings is 2. The van der Waals surface area contributed by atoms with E-state index in [2.05, 4.69) is 54.4 Å². The third kappa shape index (κ3) is 2.11. The van der Waals surface area contributed by atoms with Crippen molar-refractivity contribution in [1.82, 2.24) is 4.98 Å². The van der Waals surface area contributed by atoms with Gasteiger partial charge in [0.2, 0.25) is 0 Å². The van der Waals surface area contributed by atoms with Gasteiger partial charge >= 0.3 is 0 Å². The SMILES string of the molecule is Cc1ccc(-c2cccc(CN)c2)c2cnccc12. The lowest BCUT2D eigenvalue weighted by molar-refractivity contribution is 1.07. The lowest BCUT2D eigenvalue weighted by Gasteiger charge is -2.09. The molecule has 2 heteroatoms. The first-order valence-corrected chi connectivity index (χ1v) is 6.42. The van der Waals surface area contributed by atoms with Crippen LogP contribution in [0, 0.1) is 6.92 Å². The summed E-state index contributed by atoms with van der Waals surface area (Å²) in [5.41, 5.74) is 10.6. The third-order valence-corrected chi connectivity index (χ3v) is 3.51. The molecule has 0 bridgehead atoms. The molecule has 19 heavy (non-hydrogen) atoms. The first-order valence-electron chi connectivity index (χ1n) is 6.42. The van der Waals surface area contributed by atoms with Crippen LogP contribution in [0.2, 0.25) is 0 Å². The Kier molecular flexibility index (Phi) is 3.02. The van der Waals surface area contributed by atoms with E-state index in [1.54, 1.807) is 0 Å². The summed E-state index contributed by atoms with van der Waals surface area (Å²) in [6, 6.07) is 14.8. The van der Waals surface area contributed by atoms with Gasteiger partial charge < -0.3 is 5.73 Å². The van der Waals surface area contributed by atoms with Crippen LogP contribution in [0.15, 0.2) is 54.9 Å². The van der Waals surface area contributed by atoms with Gasteiger partial charge in [0.15, 0.2) is 0 Å². The number of hydrogen-bond donors (Lipinski definition) is 1. The number of nitrogens with zero attached hydrogens (tertiary/aromatic N) is 1. The van der Waals surface area contributed by atoms with Crippen molar-refractivity contribution in [2.45, 2.75) is 13.5 Å². The lowest BCUT2D eigenvalue weighted by Crippen LogP contribution is -1.96. The Balaban J connectivity index is 2.28. The Hall–Kier alpha value is -2.19. The van der Waals surface area contributed by atoms with Crippen molar-refractivity contribution < 1.29 is 0 Å². The first kappa shape index (κ1) is 11.9. The van der Waals surface area contributed by atoms with E-state index in [1.165, 1.54) is 27.5 Å². The number of hydrogen-bond acceptors (Lipinski definition) is 2. The van der Waals surface area contributed by atoms with E-state index in [4.69, 9.17) is 5.73 Å². The second kappa shape index (κ2) is 4.82. The molecule has 0 unspecified atom stereocenters. The van der Waals surface area contributed by atoms with Crippen LogP contribution in [-0.2, 0) is 6.54 Å². The molecule has 1 aromatic heterocycles. The summed E-state index contributed by atoms with van der Waals surface area (Å²) in [5.74, 6) is 0. The molecule has 0 saturated heterocycles. The second-order valence-corrected chi connectivity index (χ2v) is 4.76. The predicted molar refractivity (Wildman–Crippen MR) is 79.8 cm³/mol. The standard InChI is InChI=1S/C17H16N2/c1-12-5-6-16(17-11-19-8-7-15(12)17)14-4-2-3-13(9-14)10-18/h2-9,11H,10,18H2,1H3. The molecule has 2 aromatic carbocycles. The van der Waals surface area contributed by atoms with Gasteiger partial charge in [-0.05, 0) is 46.7 Å². The number of fused-ring (bicyclic) bond motifs is 1. The summed E-state index contributed by atoms with van der Waals surface area (Å²) in [7, 11) is 0. The molecular formula is C17H16N2. The molecule has 2 nitrogen and oxygen atoms in total. The maximum absolute atomic E-state index is 5.72. The third-order valence-electron chi connectivity index (χ3n) is 3.51. The van der Waals surface area contributed by atoms with E-state index in [0.29, 0.717) is 6.54 Å². The van der Waals surface area contributed by atoms with Gasteiger partial charge in [-0.1, -0.05) is 30.3 Å². The molecule has 3 aromatic rings. The van der Waals surface area contributed by atoms with E-state index in [1.807, 2.05) is 12.4 Å². The molecule has 0 atom stereocenters. The number of aromatic nitrogens is 1. The molecule has 0 aliphatic carbocycles. The van der Waals surface area contributed by atoms with E-state index >= 15 is 0 Å². The van der Waals surface area contributed by atoms with Crippen molar-refractivity contribution in [2.75, 3.05) is 0 Å². The Morgan fingerprint density at radius 1 is 1.05 bits per heavy atom. The Labute approximate surface area is 112 Å². The normalized spacial score (nSPS) is 10.8. The zero-order valence-corrected chi connectivity index (χ0v) is 10.9. The summed E-state index contributed by atoms with van der Waals surface area (Å²) in [5, 5.41) is 2.45. The topological polar surface area (TPSA) is 38.9 Å². The minimum atomic E-state index is 0.565. The average molecular weight is 248 g/mol. The van der Waals surface area contributed by atoms with Gasteiger partial charge in [0, 0.05) is 24.3 Å². The van der Waals surface area contributed by atoms with Crippen LogP contribution in [-0.4, -0.2) is 4.98 Å². The number of pyridine rings is 1. The van der Waals surface area contributed by atoms with E-state index < -0.39 is 0 Å². The molecule has 1 heterocycles. The van der Waals surface area contributed by atoms with Crippen LogP contribution in [0.25, 0.3) is 21.9 Å². The fourth-order valence-corrected chi connectivity index (χ4v) is 2.46. The second-order valence-electron chi connectivity index (χ2n) is 4.76. The molecule has 94 valence electrons. The highest BCUT2D eigenvalue weighted by molar-refractivity contribution is 5.97. The van der Waals surface area contributed by atoms with Crippen molar-refractivity contribution in [3.8, 4) is 11.1 Å². The van der Waals surface area contributed by atoms with Crippen molar-refractivity contribution in [3.63, 3.8) is 0 Å². The molecule has 0 radical (unpaired) electrons. The maximum atomic E-state index is 5.72. The quantitative estimate of drug-likeness (QED) is 0.751. The van der Waals surface area contributed by atoms with Crippen molar-refractivity contribution in [3.05, 3.63) is 66.0 Å². The molecule has 3 rings (SSSR count). The molecule has 0 fully saturated rings. The maximum Gasteiger partial charge on any atom is 0.0352 e. The molecule has 0 amide bonds. The van der Waals surface area contributed by atoms with Gasteiger partial charge in [-0.15, -0.1) is 0 Å². The van der Waals surface area contributed by atoms with Crippen molar-refractivity contribution >= 4 is 10.8 Å². The van der Waals surface area contributed by atoms with E-state index in [0.717, 1.165) is 5.56 Å². The Morgan fingerprint density at radius 2 is 1.95 bits per heavy atom. The summed E-state index contributed by atoms with van der Waals surface area (Å²) in [4.78, 5) is 4.26. The lowest BCUT2D eigenvalue weighted by atomic mass is 9.96. The van der Waals surface area contributed by atoms with Gasteiger partial charge in [0.05, 0.1) is 0 Å². The van der Waals surface area contributed by atoms with Gasteiger partial charge in [0.1, 0.15) is 0 Å². The first-order chi connectivity index (χ1) is 9.29. The minimum absolute atomic E-state index is 0.565. The van der Waals surface area contributed by atoms with E-state index in [9.17, 15) is 0 Å². The molecular weight excluding hydrogens is 232 g/mol. The van der Waals surface area contributed by atoms with E-state index in [-0.39, 0.29) is 0 Å². The number of nitrogens with two attached hydrogens (primary N) is 1. The van der Waals surface area contributed by atoms with Gasteiger partial charge in [-0.2, -0.15) is 0 Å². The summed E-state index contributed by atoms with van der Waals surface area (Å²) in [6.45, 7) is 2.69. The molecule has 2 N–H and O–H groups in total. The fourth-order valence-electron chi connectivity index (χ4n) is 2.46. The highest BCUT2D eigenvalue weighted by Crippen LogP contribution is 2.30. The highest BCUT2D eigenvalue weighted by Gasteiger charge is 2.06. The Morgan fingerprint density at radius 3 is 2.79 bits per heavy atom. The summed E-state index contributed by atoms with van der Waals surface area (Å²) < 4.78 is 0. The summed E-state index contributed by atoms with van der Waals surface area (Å²) >= 11 is 0. The van der Waals surface area contributed by atoms with Crippen LogP contribution in [0.3, 0.4) is 0 Å². The molecule has 0 aliphatic rings. The van der Waals surface area contributed by atoms with Gasteiger partial charge in [-0.25, -0.2) is 0 Å². The zero-order valence-electron chi connectivity index (χ0n) is 10.9. The fraction of sp³-hybridized carbons (Fsp3) is 0.118. The van der Waals surface area contributed by atoms with Crippen LogP contribution >= 0.6 is 0 Å². The molecule has 0 spiro atoms. The van der Waals surface area contributed by atoms with Crippen LogP contribution in [0.5, 0.6) is 0 Å². The van der Waals surface area contributed by atoms with Crippen molar-refractivity contribution in [2.24, 2.45) is 5.73 Å². The molecule has 0 saturated carbocycles. The van der Waals surface area contributed by atoms with Gasteiger partial charge in [-0.3, -0.25) is 4.98 Å². The predicted octanol–water partition coefficient (Wildman–Crippen LogP) is 3.67. The minimum Gasteiger partial charge on any atom is -0.326 e. The van der Waals surface area contributed by atoms with Gasteiger partial charge in [0.25, 0.3) is 0 Å².